The second-order valence-corrected chi connectivity index (χ2v) is 3.84. The van der Waals surface area contributed by atoms with Gasteiger partial charge in [0.15, 0.2) is 0 Å². The lowest BCUT2D eigenvalue weighted by Gasteiger charge is -2.27. The van der Waals surface area contributed by atoms with Crippen LogP contribution >= 0.6 is 0 Å². The molecule has 0 radical (unpaired) electrons. The molecule has 0 aromatic heterocycles. The summed E-state index contributed by atoms with van der Waals surface area (Å²) in [4.78, 5) is 4.67. The van der Waals surface area contributed by atoms with Gasteiger partial charge in [-0.05, 0) is 14.1 Å². The monoisotopic (exact) mass is 154 g/mol. The zero-order valence-corrected chi connectivity index (χ0v) is 8.76. The van der Waals surface area contributed by atoms with E-state index < -0.39 is 0 Å². The molecule has 0 fully saturated rings. The second-order valence-electron chi connectivity index (χ2n) is 3.84. The van der Waals surface area contributed by atoms with Gasteiger partial charge in [-0.2, -0.15) is 0 Å². The predicted octanol–water partition coefficient (Wildman–Crippen LogP) is 1.31. The summed E-state index contributed by atoms with van der Waals surface area (Å²) in [6, 6.07) is 0. The van der Waals surface area contributed by atoms with Gasteiger partial charge in [0, 0.05) is 6.67 Å². The second kappa shape index (κ2) is 4.83. The molecule has 0 spiro atoms. The van der Waals surface area contributed by atoms with Crippen molar-refractivity contribution in [2.75, 3.05) is 20.8 Å². The minimum atomic E-state index is 0.635. The van der Waals surface area contributed by atoms with E-state index >= 15 is 0 Å². The molecule has 0 aromatic rings. The van der Waals surface area contributed by atoms with Gasteiger partial charge in [0.25, 0.3) is 0 Å². The fourth-order valence-corrected chi connectivity index (χ4v) is 0.678. The molecule has 0 bridgehead atoms. The first-order valence-corrected chi connectivity index (χ1v) is 4.35. The molecule has 0 saturated heterocycles. The Hall–Kier alpha value is 0.0499. The Balaban J connectivity index is 3.66. The highest BCUT2D eigenvalue weighted by atomic mass is 15.2. The van der Waals surface area contributed by atoms with E-state index in [0.29, 0.717) is 13.7 Å². The molecule has 0 N–H and O–H groups in total. The van der Waals surface area contributed by atoms with Crippen molar-refractivity contribution in [3.63, 3.8) is 0 Å². The summed E-state index contributed by atoms with van der Waals surface area (Å²) in [6.07, 6.45) is 0. The molecule has 0 aliphatic heterocycles. The van der Waals surface area contributed by atoms with Crippen LogP contribution < -0.4 is 0 Å². The van der Waals surface area contributed by atoms with Gasteiger partial charge in [0.1, 0.15) is 0 Å². The smallest absolute Gasteiger partial charge is 0.217 e. The highest BCUT2D eigenvalue weighted by molar-refractivity contribution is 6.54. The van der Waals surface area contributed by atoms with Crippen LogP contribution in [0.5, 0.6) is 0 Å². The van der Waals surface area contributed by atoms with Crippen molar-refractivity contribution in [1.82, 2.24) is 9.62 Å². The molecule has 2 nitrogen and oxygen atoms in total. The standard InChI is InChI=1S/C7H20B2N2/c1-8(2)10(5)7-11(6)9(3)4/h7H2,1-6H3. The lowest BCUT2D eigenvalue weighted by molar-refractivity contribution is 0.364. The first kappa shape index (κ1) is 11.0. The molecule has 4 heteroatoms. The Morgan fingerprint density at radius 3 is 1.27 bits per heavy atom. The Morgan fingerprint density at radius 2 is 1.09 bits per heavy atom. The van der Waals surface area contributed by atoms with Gasteiger partial charge in [-0.3, -0.25) is 0 Å². The zero-order valence-electron chi connectivity index (χ0n) is 8.76. The third-order valence-corrected chi connectivity index (χ3v) is 2.21. The topological polar surface area (TPSA) is 6.48 Å². The highest BCUT2D eigenvalue weighted by Gasteiger charge is 2.12. The largest absolute Gasteiger partial charge is 0.334 e. The number of hydrogen-bond donors (Lipinski definition) is 0. The van der Waals surface area contributed by atoms with Crippen LogP contribution in [0.2, 0.25) is 27.3 Å². The molecular weight excluding hydrogens is 134 g/mol. The van der Waals surface area contributed by atoms with Crippen LogP contribution in [0.4, 0.5) is 0 Å². The molecule has 0 aliphatic carbocycles. The molecule has 11 heavy (non-hydrogen) atoms. The summed E-state index contributed by atoms with van der Waals surface area (Å²) in [5.74, 6) is 0. The van der Waals surface area contributed by atoms with E-state index in [4.69, 9.17) is 0 Å². The van der Waals surface area contributed by atoms with E-state index in [2.05, 4.69) is 51.0 Å². The number of rotatable bonds is 4. The third-order valence-electron chi connectivity index (χ3n) is 2.21. The van der Waals surface area contributed by atoms with E-state index in [9.17, 15) is 0 Å². The van der Waals surface area contributed by atoms with Crippen molar-refractivity contribution in [2.45, 2.75) is 27.3 Å². The van der Waals surface area contributed by atoms with Crippen LogP contribution in [-0.2, 0) is 0 Å². The Kier molecular flexibility index (Phi) is 4.86. The van der Waals surface area contributed by atoms with Gasteiger partial charge in [0.2, 0.25) is 13.7 Å². The summed E-state index contributed by atoms with van der Waals surface area (Å²) >= 11 is 0. The van der Waals surface area contributed by atoms with Crippen molar-refractivity contribution in [3.8, 4) is 0 Å². The van der Waals surface area contributed by atoms with Crippen LogP contribution in [-0.4, -0.2) is 44.1 Å². The van der Waals surface area contributed by atoms with E-state index in [1.54, 1.807) is 0 Å². The minimum Gasteiger partial charge on any atom is -0.334 e. The minimum absolute atomic E-state index is 0.635. The maximum Gasteiger partial charge on any atom is 0.217 e. The lowest BCUT2D eigenvalue weighted by Crippen LogP contribution is -2.43. The van der Waals surface area contributed by atoms with E-state index in [1.165, 1.54) is 0 Å². The van der Waals surface area contributed by atoms with Gasteiger partial charge in [-0.25, -0.2) is 0 Å². The lowest BCUT2D eigenvalue weighted by atomic mass is 9.64. The molecule has 0 amide bonds. The molecule has 0 rings (SSSR count). The normalized spacial score (nSPS) is 10.9. The van der Waals surface area contributed by atoms with Gasteiger partial charge in [0.05, 0.1) is 0 Å². The number of hydrogen-bond acceptors (Lipinski definition) is 2. The molecule has 0 atom stereocenters. The van der Waals surface area contributed by atoms with Crippen molar-refractivity contribution >= 4 is 13.7 Å². The van der Waals surface area contributed by atoms with Gasteiger partial charge in [-0.15, -0.1) is 0 Å². The van der Waals surface area contributed by atoms with Crippen molar-refractivity contribution in [1.29, 1.82) is 0 Å². The molecule has 0 unspecified atom stereocenters. The van der Waals surface area contributed by atoms with Crippen LogP contribution in [0.15, 0.2) is 0 Å². The molecular formula is C7H20B2N2. The van der Waals surface area contributed by atoms with E-state index in [0.717, 1.165) is 6.67 Å². The summed E-state index contributed by atoms with van der Waals surface area (Å²) in [7, 11) is 4.31. The number of nitrogens with zero attached hydrogens (tertiary/aromatic N) is 2. The third kappa shape index (κ3) is 4.49. The maximum absolute atomic E-state index is 2.33. The van der Waals surface area contributed by atoms with Gasteiger partial charge >= 0.3 is 0 Å². The average molecular weight is 154 g/mol. The first-order valence-electron chi connectivity index (χ1n) is 4.35. The Labute approximate surface area is 72.1 Å². The van der Waals surface area contributed by atoms with Crippen molar-refractivity contribution < 1.29 is 0 Å². The van der Waals surface area contributed by atoms with E-state index in [1.807, 2.05) is 0 Å². The molecule has 0 heterocycles. The summed E-state index contributed by atoms with van der Waals surface area (Å²) < 4.78 is 0. The molecule has 64 valence electrons. The quantitative estimate of drug-likeness (QED) is 0.444. The van der Waals surface area contributed by atoms with Crippen molar-refractivity contribution in [3.05, 3.63) is 0 Å². The van der Waals surface area contributed by atoms with Gasteiger partial charge < -0.3 is 9.62 Å². The summed E-state index contributed by atoms with van der Waals surface area (Å²) in [6.45, 7) is 11.2. The zero-order chi connectivity index (χ0) is 9.02. The van der Waals surface area contributed by atoms with Crippen LogP contribution in [0.1, 0.15) is 0 Å². The molecule has 0 aliphatic rings. The Bertz CT molecular complexity index is 94.6. The molecule has 0 aromatic carbocycles. The SMILES string of the molecule is CB(C)N(C)CN(C)B(C)C. The Morgan fingerprint density at radius 1 is 0.818 bits per heavy atom. The van der Waals surface area contributed by atoms with Gasteiger partial charge in [-0.1, -0.05) is 27.3 Å². The predicted molar refractivity (Wildman–Crippen MR) is 55.4 cm³/mol. The fraction of sp³-hybridized carbons (Fsp3) is 1.00. The summed E-state index contributed by atoms with van der Waals surface area (Å²) in [5.41, 5.74) is 0. The first-order chi connectivity index (χ1) is 4.95. The van der Waals surface area contributed by atoms with Crippen LogP contribution in [0, 0.1) is 0 Å². The molecule has 0 saturated carbocycles. The van der Waals surface area contributed by atoms with Crippen LogP contribution in [0.3, 0.4) is 0 Å². The van der Waals surface area contributed by atoms with Crippen molar-refractivity contribution in [2.24, 2.45) is 0 Å². The average Bonchev–Trinajstić information content (AvgIpc) is 1.87. The van der Waals surface area contributed by atoms with E-state index in [-0.39, 0.29) is 0 Å². The maximum atomic E-state index is 2.33. The fourth-order valence-electron chi connectivity index (χ4n) is 0.678. The highest BCUT2D eigenvalue weighted by Crippen LogP contribution is 1.95. The van der Waals surface area contributed by atoms with Crippen LogP contribution in [0.25, 0.3) is 0 Å². The summed E-state index contributed by atoms with van der Waals surface area (Å²) in [5, 5.41) is 0.